The summed E-state index contributed by atoms with van der Waals surface area (Å²) in [6, 6.07) is 2.24. The van der Waals surface area contributed by atoms with Crippen molar-refractivity contribution in [3.63, 3.8) is 0 Å². The standard InChI is InChI=1S/C19H24F2N6O2/c1-23-15-10-29-5-4-16(15)27(2,3)19-14(21)7-13(17(22)28)18(26-19)25-12-6-11(20)8-24-9-12/h6-9,15-16,23H,4-5,10H2,1-3H3,(H2-,22,25,26,28)/p+1. The summed E-state index contributed by atoms with van der Waals surface area (Å²) in [6.07, 6.45) is 3.12. The summed E-state index contributed by atoms with van der Waals surface area (Å²) in [6.45, 7) is 1.06. The highest BCUT2D eigenvalue weighted by atomic mass is 19.1. The Balaban J connectivity index is 2.05. The molecule has 1 aliphatic rings. The van der Waals surface area contributed by atoms with E-state index in [1.54, 1.807) is 0 Å². The van der Waals surface area contributed by atoms with Crippen molar-refractivity contribution in [1.29, 1.82) is 0 Å². The minimum atomic E-state index is -0.848. The number of pyridine rings is 2. The predicted octanol–water partition coefficient (Wildman–Crippen LogP) is 1.54. The van der Waals surface area contributed by atoms with Crippen molar-refractivity contribution < 1.29 is 18.3 Å². The number of amides is 1. The molecule has 1 aliphatic heterocycles. The van der Waals surface area contributed by atoms with Gasteiger partial charge in [0, 0.05) is 12.5 Å². The molecule has 1 fully saturated rings. The summed E-state index contributed by atoms with van der Waals surface area (Å²) in [5.74, 6) is -1.88. The average Bonchev–Trinajstić information content (AvgIpc) is 2.68. The van der Waals surface area contributed by atoms with E-state index in [-0.39, 0.29) is 39.5 Å². The number of primary amides is 1. The molecular formula is C19H25F2N6O2+. The fourth-order valence-electron chi connectivity index (χ4n) is 3.72. The second kappa shape index (κ2) is 8.36. The van der Waals surface area contributed by atoms with Crippen LogP contribution in [0.4, 0.5) is 26.1 Å². The van der Waals surface area contributed by atoms with Crippen molar-refractivity contribution in [1.82, 2.24) is 19.8 Å². The monoisotopic (exact) mass is 407 g/mol. The van der Waals surface area contributed by atoms with Crippen LogP contribution in [0.1, 0.15) is 16.8 Å². The van der Waals surface area contributed by atoms with Crippen LogP contribution >= 0.6 is 0 Å². The zero-order valence-corrected chi connectivity index (χ0v) is 16.6. The van der Waals surface area contributed by atoms with Gasteiger partial charge in [-0.05, 0) is 13.1 Å². The van der Waals surface area contributed by atoms with Crippen LogP contribution in [0, 0.1) is 11.6 Å². The van der Waals surface area contributed by atoms with E-state index < -0.39 is 17.5 Å². The van der Waals surface area contributed by atoms with Crippen molar-refractivity contribution in [3.05, 3.63) is 41.7 Å². The number of hydrogen-bond donors (Lipinski definition) is 3. The van der Waals surface area contributed by atoms with E-state index in [2.05, 4.69) is 20.6 Å². The highest BCUT2D eigenvalue weighted by Crippen LogP contribution is 2.32. The number of nitrogens with one attached hydrogen (secondary N) is 2. The minimum Gasteiger partial charge on any atom is -0.379 e. The number of halogens is 2. The van der Waals surface area contributed by atoms with E-state index in [0.717, 1.165) is 12.3 Å². The van der Waals surface area contributed by atoms with E-state index >= 15 is 4.39 Å². The Bertz CT molecular complexity index is 908. The summed E-state index contributed by atoms with van der Waals surface area (Å²) in [5, 5.41) is 6.04. The number of anilines is 2. The molecule has 10 heteroatoms. The summed E-state index contributed by atoms with van der Waals surface area (Å²) >= 11 is 0. The molecule has 2 aromatic heterocycles. The third-order valence-electron chi connectivity index (χ3n) is 5.26. The molecule has 29 heavy (non-hydrogen) atoms. The average molecular weight is 407 g/mol. The number of aromatic nitrogens is 2. The number of ether oxygens (including phenoxy) is 1. The van der Waals surface area contributed by atoms with Crippen LogP contribution in [0.3, 0.4) is 0 Å². The van der Waals surface area contributed by atoms with Crippen molar-refractivity contribution in [3.8, 4) is 0 Å². The lowest BCUT2D eigenvalue weighted by Gasteiger charge is -2.42. The summed E-state index contributed by atoms with van der Waals surface area (Å²) in [5.41, 5.74) is 5.54. The normalized spacial score (nSPS) is 19.8. The Morgan fingerprint density at radius 2 is 2.07 bits per heavy atom. The first-order chi connectivity index (χ1) is 13.7. The zero-order chi connectivity index (χ0) is 21.2. The molecule has 4 N–H and O–H groups in total. The van der Waals surface area contributed by atoms with Crippen molar-refractivity contribution in [2.24, 2.45) is 5.73 Å². The Morgan fingerprint density at radius 3 is 2.72 bits per heavy atom. The van der Waals surface area contributed by atoms with Crippen molar-refractivity contribution in [2.75, 3.05) is 39.7 Å². The van der Waals surface area contributed by atoms with E-state index in [1.165, 1.54) is 12.3 Å². The Kier molecular flexibility index (Phi) is 6.06. The largest absolute Gasteiger partial charge is 0.379 e. The molecule has 1 saturated heterocycles. The predicted molar refractivity (Wildman–Crippen MR) is 106 cm³/mol. The number of carbonyl (C=O) groups excluding carboxylic acids is 1. The lowest BCUT2D eigenvalue weighted by molar-refractivity contribution is 0.0237. The van der Waals surface area contributed by atoms with Crippen LogP contribution in [0.5, 0.6) is 0 Å². The lowest BCUT2D eigenvalue weighted by atomic mass is 9.99. The first-order valence-electron chi connectivity index (χ1n) is 9.21. The molecule has 0 saturated carbocycles. The molecule has 0 spiro atoms. The van der Waals surface area contributed by atoms with Crippen LogP contribution in [-0.4, -0.2) is 62.3 Å². The molecule has 2 unspecified atom stereocenters. The quantitative estimate of drug-likeness (QED) is 0.628. The molecule has 2 atom stereocenters. The highest BCUT2D eigenvalue weighted by Gasteiger charge is 2.42. The molecule has 2 aromatic rings. The van der Waals surface area contributed by atoms with Gasteiger partial charge in [0.2, 0.25) is 5.82 Å². The SMILES string of the molecule is CNC1COCCC1[N+](C)(C)c1nc(Nc2cncc(F)c2)c(C(N)=O)cc1F. The number of hydrogen-bond acceptors (Lipinski definition) is 6. The molecule has 3 rings (SSSR count). The number of nitrogens with zero attached hydrogens (tertiary/aromatic N) is 3. The van der Waals surface area contributed by atoms with E-state index in [0.29, 0.717) is 19.6 Å². The van der Waals surface area contributed by atoms with E-state index in [1.807, 2.05) is 21.1 Å². The van der Waals surface area contributed by atoms with Gasteiger partial charge in [-0.25, -0.2) is 4.39 Å². The van der Waals surface area contributed by atoms with Gasteiger partial charge in [-0.2, -0.15) is 9.37 Å². The second-order valence-electron chi connectivity index (χ2n) is 7.44. The first kappa shape index (κ1) is 21.0. The molecule has 0 bridgehead atoms. The summed E-state index contributed by atoms with van der Waals surface area (Å²) in [7, 11) is 5.53. The van der Waals surface area contributed by atoms with Crippen LogP contribution in [-0.2, 0) is 4.74 Å². The molecule has 156 valence electrons. The Morgan fingerprint density at radius 1 is 1.31 bits per heavy atom. The third-order valence-corrected chi connectivity index (χ3v) is 5.26. The highest BCUT2D eigenvalue weighted by molar-refractivity contribution is 5.98. The van der Waals surface area contributed by atoms with Crippen molar-refractivity contribution >= 4 is 23.2 Å². The topological polar surface area (TPSA) is 102 Å². The third kappa shape index (κ3) is 4.34. The molecule has 8 nitrogen and oxygen atoms in total. The maximum atomic E-state index is 15.0. The number of likely N-dealkylation sites (N-methyl/N-ethyl adjacent to an activating group) is 2. The maximum absolute atomic E-state index is 15.0. The van der Waals surface area contributed by atoms with Gasteiger partial charge in [-0.3, -0.25) is 14.3 Å². The van der Waals surface area contributed by atoms with Gasteiger partial charge in [-0.1, -0.05) is 0 Å². The fraction of sp³-hybridized carbons (Fsp3) is 0.421. The maximum Gasteiger partial charge on any atom is 0.265 e. The first-order valence-corrected chi connectivity index (χ1v) is 9.21. The van der Waals surface area contributed by atoms with E-state index in [4.69, 9.17) is 10.5 Å². The van der Waals surface area contributed by atoms with Crippen molar-refractivity contribution in [2.45, 2.75) is 18.5 Å². The van der Waals surface area contributed by atoms with Crippen LogP contribution < -0.4 is 20.9 Å². The van der Waals surface area contributed by atoms with Gasteiger partial charge >= 0.3 is 0 Å². The summed E-state index contributed by atoms with van der Waals surface area (Å²) in [4.78, 5) is 20.0. The molecule has 0 aliphatic carbocycles. The Labute approximate surface area is 167 Å². The zero-order valence-electron chi connectivity index (χ0n) is 16.6. The molecule has 0 aromatic carbocycles. The summed E-state index contributed by atoms with van der Waals surface area (Å²) < 4.78 is 34.2. The molecular weight excluding hydrogens is 382 g/mol. The van der Waals surface area contributed by atoms with Gasteiger partial charge in [0.15, 0.2) is 0 Å². The fourth-order valence-corrected chi connectivity index (χ4v) is 3.72. The van der Waals surface area contributed by atoms with E-state index in [9.17, 15) is 9.18 Å². The number of quaternary nitrogens is 1. The van der Waals surface area contributed by atoms with Gasteiger partial charge in [0.05, 0.1) is 57.0 Å². The minimum absolute atomic E-state index is 0.000375. The Hall–Kier alpha value is -2.69. The van der Waals surface area contributed by atoms with Crippen LogP contribution in [0.15, 0.2) is 24.5 Å². The van der Waals surface area contributed by atoms with Gasteiger partial charge in [-0.15, -0.1) is 0 Å². The number of carbonyl (C=O) groups is 1. The van der Waals surface area contributed by atoms with Gasteiger partial charge in [0.25, 0.3) is 11.7 Å². The van der Waals surface area contributed by atoms with Gasteiger partial charge < -0.3 is 21.1 Å². The smallest absolute Gasteiger partial charge is 0.265 e. The molecule has 1 amide bonds. The molecule has 3 heterocycles. The second-order valence-corrected chi connectivity index (χ2v) is 7.44. The van der Waals surface area contributed by atoms with Gasteiger partial charge in [0.1, 0.15) is 17.7 Å². The lowest BCUT2D eigenvalue weighted by Crippen LogP contribution is -2.63. The molecule has 0 radical (unpaired) electrons. The van der Waals surface area contributed by atoms with Crippen LogP contribution in [0.2, 0.25) is 0 Å². The van der Waals surface area contributed by atoms with Crippen LogP contribution in [0.25, 0.3) is 0 Å². The number of rotatable bonds is 6. The number of nitrogens with two attached hydrogens (primary N) is 1.